The first-order valence-corrected chi connectivity index (χ1v) is 9.83. The molecule has 0 bridgehead atoms. The molecule has 4 aromatic rings. The maximum absolute atomic E-state index is 12.9. The molecule has 0 fully saturated rings. The van der Waals surface area contributed by atoms with Gasteiger partial charge < -0.3 is 24.5 Å². The molecule has 0 aliphatic rings. The molecule has 2 aromatic heterocycles. The fraction of sp³-hybridized carbons (Fsp3) is 0.190. The molecule has 2 aromatic carbocycles. The van der Waals surface area contributed by atoms with E-state index < -0.39 is 10.8 Å². The monoisotopic (exact) mass is 452 g/mol. The molecule has 0 spiro atoms. The third-order valence-electron chi connectivity index (χ3n) is 4.83. The molecule has 2 heterocycles. The number of carbonyl (C=O) groups is 1. The minimum atomic E-state index is -0.552. The van der Waals surface area contributed by atoms with Gasteiger partial charge in [0.2, 0.25) is 0 Å². The summed E-state index contributed by atoms with van der Waals surface area (Å²) in [6.45, 7) is 1.96. The van der Waals surface area contributed by atoms with Gasteiger partial charge in [-0.05, 0) is 13.0 Å². The van der Waals surface area contributed by atoms with E-state index >= 15 is 0 Å². The second-order valence-electron chi connectivity index (χ2n) is 6.79. The number of non-ortho nitro benzene ring substituents is 1. The maximum atomic E-state index is 12.9. The van der Waals surface area contributed by atoms with Crippen LogP contribution in [0, 0.1) is 10.1 Å². The Labute approximate surface area is 187 Å². The van der Waals surface area contributed by atoms with Crippen molar-refractivity contribution in [3.63, 3.8) is 0 Å². The molecule has 0 radical (unpaired) electrons. The summed E-state index contributed by atoms with van der Waals surface area (Å²) in [6, 6.07) is 7.29. The van der Waals surface area contributed by atoms with Gasteiger partial charge >= 0.3 is 0 Å². The van der Waals surface area contributed by atoms with Crippen LogP contribution >= 0.6 is 0 Å². The molecule has 4 rings (SSSR count). The highest BCUT2D eigenvalue weighted by molar-refractivity contribution is 6.07. The third kappa shape index (κ3) is 4.13. The molecule has 0 atom stereocenters. The highest BCUT2D eigenvalue weighted by Crippen LogP contribution is 2.34. The Hall–Kier alpha value is -4.61. The van der Waals surface area contributed by atoms with E-state index in [2.05, 4.69) is 25.5 Å². The number of methoxy groups -OCH3 is 2. The zero-order valence-electron chi connectivity index (χ0n) is 18.0. The summed E-state index contributed by atoms with van der Waals surface area (Å²) < 4.78 is 16.1. The van der Waals surface area contributed by atoms with Crippen molar-refractivity contribution in [3.8, 4) is 28.8 Å². The predicted octanol–water partition coefficient (Wildman–Crippen LogP) is 3.53. The number of hydrogen-bond donors (Lipinski definition) is 3. The molecule has 0 saturated heterocycles. The maximum Gasteiger partial charge on any atom is 0.273 e. The van der Waals surface area contributed by atoms with E-state index in [4.69, 9.17) is 14.2 Å². The number of carbonyl (C=O) groups excluding carboxylic acids is 1. The minimum absolute atomic E-state index is 0.108. The normalized spacial score (nSPS) is 10.8. The Balaban J connectivity index is 1.66. The molecular formula is C21H20N6O6. The first kappa shape index (κ1) is 21.6. The van der Waals surface area contributed by atoms with Gasteiger partial charge in [-0.15, -0.1) is 0 Å². The van der Waals surface area contributed by atoms with Crippen molar-refractivity contribution < 1.29 is 23.9 Å². The Kier molecular flexibility index (Phi) is 5.81. The van der Waals surface area contributed by atoms with Crippen LogP contribution in [0.5, 0.6) is 17.2 Å². The van der Waals surface area contributed by atoms with E-state index in [9.17, 15) is 14.9 Å². The fourth-order valence-corrected chi connectivity index (χ4v) is 3.29. The lowest BCUT2D eigenvalue weighted by molar-refractivity contribution is -0.384. The first-order chi connectivity index (χ1) is 15.9. The number of amides is 1. The predicted molar refractivity (Wildman–Crippen MR) is 119 cm³/mol. The average Bonchev–Trinajstić information content (AvgIpc) is 3.44. The van der Waals surface area contributed by atoms with E-state index in [-0.39, 0.29) is 23.6 Å². The van der Waals surface area contributed by atoms with Crippen molar-refractivity contribution in [1.82, 2.24) is 20.2 Å². The van der Waals surface area contributed by atoms with Crippen LogP contribution in [0.1, 0.15) is 17.3 Å². The third-order valence-corrected chi connectivity index (χ3v) is 4.83. The summed E-state index contributed by atoms with van der Waals surface area (Å²) in [5.41, 5.74) is 2.10. The molecule has 3 N–H and O–H groups in total. The fourth-order valence-electron chi connectivity index (χ4n) is 3.29. The van der Waals surface area contributed by atoms with Crippen LogP contribution in [0.15, 0.2) is 36.5 Å². The summed E-state index contributed by atoms with van der Waals surface area (Å²) in [5.74, 6) is 1.09. The zero-order valence-corrected chi connectivity index (χ0v) is 18.0. The SMILES string of the molecule is CCOc1cc([N+](=O)[O-])ccc1C(=O)Nc1cn[nH]c1-c1nc2cc(OC)c(OC)cc2[nH]1. The number of aromatic amines is 2. The number of hydrogen-bond acceptors (Lipinski definition) is 8. The number of H-pyrrole nitrogens is 2. The molecule has 12 heteroatoms. The smallest absolute Gasteiger partial charge is 0.273 e. The van der Waals surface area contributed by atoms with Crippen LogP contribution in [0.2, 0.25) is 0 Å². The highest BCUT2D eigenvalue weighted by Gasteiger charge is 2.21. The van der Waals surface area contributed by atoms with Gasteiger partial charge in [-0.25, -0.2) is 4.98 Å². The van der Waals surface area contributed by atoms with Gasteiger partial charge in [-0.2, -0.15) is 5.10 Å². The Bertz CT molecular complexity index is 1300. The van der Waals surface area contributed by atoms with Gasteiger partial charge in [-0.3, -0.25) is 20.0 Å². The van der Waals surface area contributed by atoms with Crippen LogP contribution in [0.3, 0.4) is 0 Å². The standard InChI is InChI=1S/C21H20N6O6/c1-4-33-16-7-11(27(29)30)5-6-12(16)21(28)25-15-10-22-26-19(15)20-23-13-8-17(31-2)18(32-3)9-14(13)24-20/h5-10H,4H2,1-3H3,(H,22,26)(H,23,24)(H,25,28). The molecule has 12 nitrogen and oxygen atoms in total. The van der Waals surface area contributed by atoms with Crippen LogP contribution in [-0.4, -0.2) is 51.8 Å². The molecule has 0 aliphatic heterocycles. The second-order valence-corrected chi connectivity index (χ2v) is 6.79. The number of nitro benzene ring substituents is 1. The van der Waals surface area contributed by atoms with Crippen molar-refractivity contribution in [2.75, 3.05) is 26.1 Å². The van der Waals surface area contributed by atoms with E-state index in [0.29, 0.717) is 39.7 Å². The summed E-state index contributed by atoms with van der Waals surface area (Å²) in [7, 11) is 3.08. The van der Waals surface area contributed by atoms with Crippen molar-refractivity contribution in [2.24, 2.45) is 0 Å². The number of aromatic nitrogens is 4. The molecule has 0 aliphatic carbocycles. The summed E-state index contributed by atoms with van der Waals surface area (Å²) in [4.78, 5) is 31.2. The number of nitrogens with one attached hydrogen (secondary N) is 3. The largest absolute Gasteiger partial charge is 0.493 e. The molecule has 0 unspecified atom stereocenters. The number of nitro groups is 1. The molecule has 33 heavy (non-hydrogen) atoms. The van der Waals surface area contributed by atoms with Crippen LogP contribution in [0.25, 0.3) is 22.6 Å². The lowest BCUT2D eigenvalue weighted by atomic mass is 10.1. The first-order valence-electron chi connectivity index (χ1n) is 9.83. The van der Waals surface area contributed by atoms with E-state index in [1.807, 2.05) is 0 Å². The number of anilines is 1. The van der Waals surface area contributed by atoms with Gasteiger partial charge in [0.15, 0.2) is 17.3 Å². The van der Waals surface area contributed by atoms with Gasteiger partial charge in [0.25, 0.3) is 11.6 Å². The van der Waals surface area contributed by atoms with Crippen molar-refractivity contribution in [2.45, 2.75) is 6.92 Å². The zero-order chi connectivity index (χ0) is 23.5. The quantitative estimate of drug-likeness (QED) is 0.271. The molecular weight excluding hydrogens is 432 g/mol. The Morgan fingerprint density at radius 1 is 1.15 bits per heavy atom. The molecule has 170 valence electrons. The van der Waals surface area contributed by atoms with E-state index in [1.54, 1.807) is 19.1 Å². The summed E-state index contributed by atoms with van der Waals surface area (Å²) >= 11 is 0. The van der Waals surface area contributed by atoms with Crippen molar-refractivity contribution in [3.05, 3.63) is 52.2 Å². The van der Waals surface area contributed by atoms with E-state index in [1.165, 1.54) is 38.6 Å². The summed E-state index contributed by atoms with van der Waals surface area (Å²) in [6.07, 6.45) is 1.44. The second kappa shape index (κ2) is 8.86. The number of nitrogens with zero attached hydrogens (tertiary/aromatic N) is 3. The van der Waals surface area contributed by atoms with Gasteiger partial charge in [-0.1, -0.05) is 0 Å². The van der Waals surface area contributed by atoms with E-state index in [0.717, 1.165) is 0 Å². The van der Waals surface area contributed by atoms with Crippen LogP contribution in [-0.2, 0) is 0 Å². The Morgan fingerprint density at radius 3 is 2.61 bits per heavy atom. The molecule has 1 amide bonds. The number of imidazole rings is 1. The number of ether oxygens (including phenoxy) is 3. The van der Waals surface area contributed by atoms with Crippen LogP contribution in [0.4, 0.5) is 11.4 Å². The topological polar surface area (TPSA) is 157 Å². The van der Waals surface area contributed by atoms with Gasteiger partial charge in [0.1, 0.15) is 11.4 Å². The van der Waals surface area contributed by atoms with Crippen molar-refractivity contribution in [1.29, 1.82) is 0 Å². The number of rotatable bonds is 8. The van der Waals surface area contributed by atoms with Crippen molar-refractivity contribution >= 4 is 28.3 Å². The lowest BCUT2D eigenvalue weighted by Gasteiger charge is -2.10. The minimum Gasteiger partial charge on any atom is -0.493 e. The van der Waals surface area contributed by atoms with Crippen LogP contribution < -0.4 is 19.5 Å². The average molecular weight is 452 g/mol. The number of fused-ring (bicyclic) bond motifs is 1. The highest BCUT2D eigenvalue weighted by atomic mass is 16.6. The molecule has 0 saturated carbocycles. The lowest BCUT2D eigenvalue weighted by Crippen LogP contribution is -2.14. The Morgan fingerprint density at radius 2 is 1.91 bits per heavy atom. The summed E-state index contributed by atoms with van der Waals surface area (Å²) in [5, 5.41) is 20.6. The number of benzene rings is 2. The van der Waals surface area contributed by atoms with Gasteiger partial charge in [0, 0.05) is 18.2 Å². The van der Waals surface area contributed by atoms with Gasteiger partial charge in [0.05, 0.1) is 60.3 Å².